The Morgan fingerprint density at radius 1 is 1.25 bits per heavy atom. The van der Waals surface area contributed by atoms with Gasteiger partial charge in [-0.15, -0.1) is 11.3 Å². The summed E-state index contributed by atoms with van der Waals surface area (Å²) in [7, 11) is 1.65. The summed E-state index contributed by atoms with van der Waals surface area (Å²) < 4.78 is 1.02. The largest absolute Gasteiger partial charge is 0.330 e. The zero-order chi connectivity index (χ0) is 25.6. The van der Waals surface area contributed by atoms with Crippen molar-refractivity contribution in [3.05, 3.63) is 76.5 Å². The van der Waals surface area contributed by atoms with Crippen LogP contribution in [0.1, 0.15) is 42.6 Å². The van der Waals surface area contributed by atoms with Crippen molar-refractivity contribution in [1.29, 1.82) is 0 Å². The summed E-state index contributed by atoms with van der Waals surface area (Å²) in [6.07, 6.45) is -0.0686. The van der Waals surface area contributed by atoms with E-state index >= 15 is 0 Å². The number of carbonyl (C=O) groups is 3. The number of amides is 3. The van der Waals surface area contributed by atoms with Crippen LogP contribution in [-0.2, 0) is 15.0 Å². The van der Waals surface area contributed by atoms with Crippen LogP contribution in [0.3, 0.4) is 0 Å². The molecule has 7 nitrogen and oxygen atoms in total. The van der Waals surface area contributed by atoms with Gasteiger partial charge in [-0.05, 0) is 52.9 Å². The van der Waals surface area contributed by atoms with Gasteiger partial charge in [0.1, 0.15) is 11.5 Å². The molecule has 1 N–H and O–H groups in total. The third-order valence-corrected chi connectivity index (χ3v) is 8.24. The van der Waals surface area contributed by atoms with Gasteiger partial charge in [-0.25, -0.2) is 6.57 Å². The zero-order valence-electron chi connectivity index (χ0n) is 20.5. The first-order valence-electron chi connectivity index (χ1n) is 12.1. The third kappa shape index (κ3) is 3.84. The summed E-state index contributed by atoms with van der Waals surface area (Å²) in [4.78, 5) is 47.4. The highest BCUT2D eigenvalue weighted by molar-refractivity contribution is 7.17. The highest BCUT2D eigenvalue weighted by atomic mass is 32.1. The molecule has 3 aromatic rings. The van der Waals surface area contributed by atoms with Crippen molar-refractivity contribution in [1.82, 2.24) is 9.80 Å². The number of para-hydroxylation sites is 1. The van der Waals surface area contributed by atoms with E-state index < -0.39 is 17.6 Å². The lowest BCUT2D eigenvalue weighted by Gasteiger charge is -2.32. The van der Waals surface area contributed by atoms with E-state index in [1.165, 1.54) is 9.80 Å². The van der Waals surface area contributed by atoms with Crippen molar-refractivity contribution in [3.63, 3.8) is 0 Å². The van der Waals surface area contributed by atoms with E-state index in [1.807, 2.05) is 61.7 Å². The number of likely N-dealkylation sites (tertiary alicyclic amines) is 1. The molecule has 3 amide bonds. The number of thiophene rings is 1. The zero-order valence-corrected chi connectivity index (χ0v) is 21.3. The van der Waals surface area contributed by atoms with Crippen LogP contribution in [-0.4, -0.2) is 53.3 Å². The molecule has 1 spiro atoms. The molecule has 0 saturated carbocycles. The molecule has 5 rings (SSSR count). The third-order valence-electron chi connectivity index (χ3n) is 7.36. The van der Waals surface area contributed by atoms with E-state index in [0.717, 1.165) is 21.3 Å². The Morgan fingerprint density at radius 3 is 2.78 bits per heavy atom. The summed E-state index contributed by atoms with van der Waals surface area (Å²) in [5, 5.41) is 5.99. The number of nitrogens with one attached hydrogen (secondary N) is 1. The average Bonchev–Trinajstić information content (AvgIpc) is 3.57. The fraction of sp³-hybridized carbons (Fsp3) is 0.357. The summed E-state index contributed by atoms with van der Waals surface area (Å²) in [5.74, 6) is -0.553. The van der Waals surface area contributed by atoms with E-state index in [4.69, 9.17) is 6.57 Å². The SMILES string of the molecule is [C-]#[N+][C@@H]1C[C@@]2(CN1C(=O)[C@H](CC(C)C)N(C)C(=O)c1ccc3ccsc3c1)C(=O)Nc1ccccc12. The van der Waals surface area contributed by atoms with Crippen LogP contribution in [0.15, 0.2) is 53.9 Å². The Hall–Kier alpha value is -3.70. The first kappa shape index (κ1) is 24.0. The molecule has 0 unspecified atom stereocenters. The van der Waals surface area contributed by atoms with Gasteiger partial charge in [-0.1, -0.05) is 38.1 Å². The quantitative estimate of drug-likeness (QED) is 0.514. The minimum atomic E-state index is -0.948. The van der Waals surface area contributed by atoms with Crippen molar-refractivity contribution in [2.24, 2.45) is 5.92 Å². The lowest BCUT2D eigenvalue weighted by molar-refractivity contribution is -0.136. The number of nitrogens with zero attached hydrogens (tertiary/aromatic N) is 3. The van der Waals surface area contributed by atoms with Gasteiger partial charge in [0.2, 0.25) is 5.91 Å². The summed E-state index contributed by atoms with van der Waals surface area (Å²) in [5.41, 5.74) is 1.14. The van der Waals surface area contributed by atoms with Crippen LogP contribution >= 0.6 is 11.3 Å². The summed E-state index contributed by atoms with van der Waals surface area (Å²) >= 11 is 1.57. The standard InChI is InChI=1S/C28H28N4O3S/c1-17(2)13-22(31(4)25(33)19-10-9-18-11-12-36-23(18)14-19)26(34)32-16-28(15-24(32)29-3)20-7-5-6-8-21(20)30-27(28)35/h5-12,14,17,22,24H,13,15-16H2,1-2,4H3,(H,30,35)/t22-,24-,28-/m0/s1. The van der Waals surface area contributed by atoms with Crippen molar-refractivity contribution >= 4 is 44.8 Å². The smallest absolute Gasteiger partial charge is 0.302 e. The van der Waals surface area contributed by atoms with Gasteiger partial charge < -0.3 is 10.2 Å². The second kappa shape index (κ2) is 9.07. The second-order valence-electron chi connectivity index (χ2n) is 10.1. The molecule has 3 atom stereocenters. The van der Waals surface area contributed by atoms with Crippen molar-refractivity contribution in [3.8, 4) is 0 Å². The van der Waals surface area contributed by atoms with Crippen LogP contribution in [0, 0.1) is 12.5 Å². The molecule has 8 heteroatoms. The Morgan fingerprint density at radius 2 is 2.03 bits per heavy atom. The monoisotopic (exact) mass is 500 g/mol. The van der Waals surface area contributed by atoms with Gasteiger partial charge in [-0.3, -0.25) is 24.1 Å². The molecule has 1 fully saturated rings. The average molecular weight is 501 g/mol. The maximum atomic E-state index is 14.0. The molecule has 3 heterocycles. The van der Waals surface area contributed by atoms with Crippen LogP contribution in [0.2, 0.25) is 0 Å². The molecule has 1 aromatic heterocycles. The number of likely N-dealkylation sites (N-methyl/N-ethyl adjacent to an activating group) is 1. The molecule has 0 aliphatic carbocycles. The van der Waals surface area contributed by atoms with Gasteiger partial charge in [0.25, 0.3) is 11.8 Å². The van der Waals surface area contributed by atoms with E-state index in [9.17, 15) is 14.4 Å². The fourth-order valence-corrected chi connectivity index (χ4v) is 6.28. The van der Waals surface area contributed by atoms with Gasteiger partial charge in [-0.2, -0.15) is 0 Å². The Kier molecular flexibility index (Phi) is 6.05. The Balaban J connectivity index is 1.46. The van der Waals surface area contributed by atoms with Crippen LogP contribution < -0.4 is 5.32 Å². The maximum absolute atomic E-state index is 14.0. The number of benzene rings is 2. The number of carbonyl (C=O) groups excluding carboxylic acids is 3. The summed E-state index contributed by atoms with van der Waals surface area (Å²) in [6.45, 7) is 12.0. The van der Waals surface area contributed by atoms with Crippen LogP contribution in [0.25, 0.3) is 14.9 Å². The van der Waals surface area contributed by atoms with Gasteiger partial charge in [0, 0.05) is 29.5 Å². The number of hydrogen-bond donors (Lipinski definition) is 1. The lowest BCUT2D eigenvalue weighted by Crippen LogP contribution is -2.51. The molecular weight excluding hydrogens is 472 g/mol. The number of anilines is 1. The normalized spacial score (nSPS) is 21.5. The molecule has 184 valence electrons. The van der Waals surface area contributed by atoms with Crippen LogP contribution in [0.5, 0.6) is 0 Å². The van der Waals surface area contributed by atoms with E-state index in [1.54, 1.807) is 24.5 Å². The molecule has 0 radical (unpaired) electrons. The second-order valence-corrected chi connectivity index (χ2v) is 11.0. The molecule has 2 aliphatic heterocycles. The molecule has 2 aromatic carbocycles. The van der Waals surface area contributed by atoms with Gasteiger partial charge in [0.15, 0.2) is 0 Å². The van der Waals surface area contributed by atoms with Gasteiger partial charge >= 0.3 is 6.17 Å². The number of rotatable bonds is 5. The van der Waals surface area contributed by atoms with Crippen LogP contribution in [0.4, 0.5) is 5.69 Å². The molecule has 36 heavy (non-hydrogen) atoms. The Bertz CT molecular complexity index is 1410. The minimum Gasteiger partial charge on any atom is -0.330 e. The molecule has 1 saturated heterocycles. The van der Waals surface area contributed by atoms with E-state index in [2.05, 4.69) is 10.2 Å². The summed E-state index contributed by atoms with van der Waals surface area (Å²) in [6, 6.07) is 14.3. The highest BCUT2D eigenvalue weighted by Crippen LogP contribution is 2.47. The molecule has 2 aliphatic rings. The minimum absolute atomic E-state index is 0.125. The lowest BCUT2D eigenvalue weighted by atomic mass is 9.80. The fourth-order valence-electron chi connectivity index (χ4n) is 5.45. The predicted octanol–water partition coefficient (Wildman–Crippen LogP) is 4.76. The Labute approximate surface area is 214 Å². The number of hydrogen-bond acceptors (Lipinski definition) is 4. The van der Waals surface area contributed by atoms with E-state index in [0.29, 0.717) is 12.0 Å². The van der Waals surface area contributed by atoms with E-state index in [-0.39, 0.29) is 36.6 Å². The molecule has 0 bridgehead atoms. The van der Waals surface area contributed by atoms with Crippen molar-refractivity contribution in [2.45, 2.75) is 44.3 Å². The topological polar surface area (TPSA) is 74.1 Å². The first-order chi connectivity index (χ1) is 17.2. The predicted molar refractivity (Wildman–Crippen MR) is 141 cm³/mol. The maximum Gasteiger partial charge on any atom is 0.302 e. The highest BCUT2D eigenvalue weighted by Gasteiger charge is 2.59. The molecular formula is C28H28N4O3S. The van der Waals surface area contributed by atoms with Crippen molar-refractivity contribution in [2.75, 3.05) is 18.9 Å². The van der Waals surface area contributed by atoms with Gasteiger partial charge in [0.05, 0.1) is 6.42 Å². The van der Waals surface area contributed by atoms with Crippen molar-refractivity contribution < 1.29 is 14.4 Å². The first-order valence-corrected chi connectivity index (χ1v) is 13.0. The number of fused-ring (bicyclic) bond motifs is 3.